The molecular formula is C10H9Cl2F. The second kappa shape index (κ2) is 3.47. The predicted octanol–water partition coefficient (Wildman–Crippen LogP) is 3.82. The summed E-state index contributed by atoms with van der Waals surface area (Å²) >= 11 is 11.4. The monoisotopic (exact) mass is 218 g/mol. The van der Waals surface area contributed by atoms with E-state index in [0.717, 1.165) is 12.0 Å². The molecule has 1 fully saturated rings. The van der Waals surface area contributed by atoms with Gasteiger partial charge in [0, 0.05) is 10.9 Å². The van der Waals surface area contributed by atoms with E-state index < -0.39 is 0 Å². The van der Waals surface area contributed by atoms with E-state index in [1.807, 2.05) is 6.07 Å². The Hall–Kier alpha value is -0.270. The van der Waals surface area contributed by atoms with E-state index in [4.69, 9.17) is 23.2 Å². The van der Waals surface area contributed by atoms with Crippen molar-refractivity contribution in [2.24, 2.45) is 5.92 Å². The number of rotatable bonds is 2. The van der Waals surface area contributed by atoms with Crippen molar-refractivity contribution >= 4 is 23.2 Å². The van der Waals surface area contributed by atoms with Crippen LogP contribution in [-0.2, 0) is 0 Å². The first-order valence-electron chi connectivity index (χ1n) is 4.22. The van der Waals surface area contributed by atoms with Crippen LogP contribution in [0.5, 0.6) is 0 Å². The first-order valence-corrected chi connectivity index (χ1v) is 5.14. The van der Waals surface area contributed by atoms with Crippen molar-refractivity contribution in [2.75, 3.05) is 5.88 Å². The van der Waals surface area contributed by atoms with Crippen LogP contribution >= 0.6 is 23.2 Å². The molecule has 2 atom stereocenters. The molecule has 0 bridgehead atoms. The van der Waals surface area contributed by atoms with Gasteiger partial charge < -0.3 is 0 Å². The average molecular weight is 219 g/mol. The van der Waals surface area contributed by atoms with Gasteiger partial charge in [-0.3, -0.25) is 0 Å². The molecule has 3 heteroatoms. The van der Waals surface area contributed by atoms with Gasteiger partial charge in [0.25, 0.3) is 0 Å². The Kier molecular flexibility index (Phi) is 2.48. The van der Waals surface area contributed by atoms with Gasteiger partial charge in [0.05, 0.1) is 0 Å². The summed E-state index contributed by atoms with van der Waals surface area (Å²) in [6.07, 6.45) is 1.06. The fraction of sp³-hybridized carbons (Fsp3) is 0.400. The summed E-state index contributed by atoms with van der Waals surface area (Å²) in [5.74, 6) is 1.33. The number of benzene rings is 1. The standard InChI is InChI=1S/C10H9Cl2F/c11-5-7-3-10(7)6-1-8(12)4-9(13)2-6/h1-2,4,7,10H,3,5H2. The normalized spacial score (nSPS) is 26.1. The van der Waals surface area contributed by atoms with Crippen LogP contribution < -0.4 is 0 Å². The van der Waals surface area contributed by atoms with Gasteiger partial charge in [-0.2, -0.15) is 0 Å². The van der Waals surface area contributed by atoms with Crippen molar-refractivity contribution in [3.05, 3.63) is 34.6 Å². The van der Waals surface area contributed by atoms with E-state index in [1.54, 1.807) is 6.07 Å². The van der Waals surface area contributed by atoms with Crippen LogP contribution in [0.1, 0.15) is 17.9 Å². The van der Waals surface area contributed by atoms with Crippen LogP contribution in [0.2, 0.25) is 5.02 Å². The topological polar surface area (TPSA) is 0 Å². The molecule has 2 unspecified atom stereocenters. The molecule has 0 saturated heterocycles. The molecule has 0 N–H and O–H groups in total. The molecule has 0 amide bonds. The lowest BCUT2D eigenvalue weighted by atomic mass is 10.1. The zero-order valence-electron chi connectivity index (χ0n) is 6.93. The van der Waals surface area contributed by atoms with Gasteiger partial charge in [0.15, 0.2) is 0 Å². The predicted molar refractivity (Wildman–Crippen MR) is 53.0 cm³/mol. The first kappa shape index (κ1) is 9.29. The van der Waals surface area contributed by atoms with Crippen molar-refractivity contribution in [1.82, 2.24) is 0 Å². The van der Waals surface area contributed by atoms with E-state index in [-0.39, 0.29) is 5.82 Å². The van der Waals surface area contributed by atoms with Crippen molar-refractivity contribution in [1.29, 1.82) is 0 Å². The van der Waals surface area contributed by atoms with Crippen LogP contribution in [0.4, 0.5) is 4.39 Å². The minimum absolute atomic E-state index is 0.261. The largest absolute Gasteiger partial charge is 0.207 e. The molecule has 0 spiro atoms. The number of hydrogen-bond donors (Lipinski definition) is 0. The quantitative estimate of drug-likeness (QED) is 0.663. The molecule has 0 heterocycles. The van der Waals surface area contributed by atoms with E-state index in [2.05, 4.69) is 0 Å². The Morgan fingerprint density at radius 3 is 2.69 bits per heavy atom. The third-order valence-corrected chi connectivity index (χ3v) is 3.05. The molecule has 1 aromatic rings. The Morgan fingerprint density at radius 2 is 2.15 bits per heavy atom. The highest BCUT2D eigenvalue weighted by Gasteiger charge is 2.37. The highest BCUT2D eigenvalue weighted by atomic mass is 35.5. The molecule has 70 valence electrons. The molecule has 1 aliphatic rings. The van der Waals surface area contributed by atoms with Crippen LogP contribution in [-0.4, -0.2) is 5.88 Å². The fourth-order valence-corrected chi connectivity index (χ4v) is 2.19. The fourth-order valence-electron chi connectivity index (χ4n) is 1.62. The zero-order chi connectivity index (χ0) is 9.42. The Balaban J connectivity index is 2.22. The summed E-state index contributed by atoms with van der Waals surface area (Å²) in [5, 5.41) is 0.468. The Labute approximate surface area is 86.7 Å². The van der Waals surface area contributed by atoms with Gasteiger partial charge in [0.1, 0.15) is 5.82 Å². The summed E-state index contributed by atoms with van der Waals surface area (Å²) in [6, 6.07) is 4.69. The maximum atomic E-state index is 12.9. The van der Waals surface area contributed by atoms with Gasteiger partial charge in [-0.05, 0) is 42.0 Å². The molecule has 2 rings (SSSR count). The van der Waals surface area contributed by atoms with Gasteiger partial charge >= 0.3 is 0 Å². The van der Waals surface area contributed by atoms with E-state index >= 15 is 0 Å². The Bertz CT molecular complexity index is 304. The second-order valence-electron chi connectivity index (χ2n) is 3.46. The maximum absolute atomic E-state index is 12.9. The lowest BCUT2D eigenvalue weighted by molar-refractivity contribution is 0.625. The summed E-state index contributed by atoms with van der Waals surface area (Å²) in [6.45, 7) is 0. The summed E-state index contributed by atoms with van der Waals surface area (Å²) in [7, 11) is 0. The van der Waals surface area contributed by atoms with E-state index in [9.17, 15) is 4.39 Å². The van der Waals surface area contributed by atoms with Crippen LogP contribution in [0.25, 0.3) is 0 Å². The third-order valence-electron chi connectivity index (χ3n) is 2.43. The van der Waals surface area contributed by atoms with Gasteiger partial charge in [-0.1, -0.05) is 11.6 Å². The molecule has 1 aliphatic carbocycles. The van der Waals surface area contributed by atoms with Crippen molar-refractivity contribution in [3.63, 3.8) is 0 Å². The SMILES string of the molecule is Fc1cc(Cl)cc(C2CC2CCl)c1. The Morgan fingerprint density at radius 1 is 1.38 bits per heavy atom. The minimum Gasteiger partial charge on any atom is -0.207 e. The van der Waals surface area contributed by atoms with Gasteiger partial charge in [-0.15, -0.1) is 11.6 Å². The van der Waals surface area contributed by atoms with Crippen LogP contribution in [0, 0.1) is 11.7 Å². The molecule has 0 aromatic heterocycles. The molecule has 0 aliphatic heterocycles. The highest BCUT2D eigenvalue weighted by Crippen LogP contribution is 2.48. The average Bonchev–Trinajstić information content (AvgIpc) is 2.80. The van der Waals surface area contributed by atoms with Gasteiger partial charge in [0.2, 0.25) is 0 Å². The first-order chi connectivity index (χ1) is 6.20. The van der Waals surface area contributed by atoms with Crippen LogP contribution in [0.15, 0.2) is 18.2 Å². The minimum atomic E-state index is -0.261. The number of hydrogen-bond acceptors (Lipinski definition) is 0. The molecule has 13 heavy (non-hydrogen) atoms. The summed E-state index contributed by atoms with van der Waals surface area (Å²) in [5.41, 5.74) is 0.982. The molecule has 0 radical (unpaired) electrons. The highest BCUT2D eigenvalue weighted by molar-refractivity contribution is 6.30. The summed E-state index contributed by atoms with van der Waals surface area (Å²) < 4.78 is 12.9. The van der Waals surface area contributed by atoms with Crippen LogP contribution in [0.3, 0.4) is 0 Å². The zero-order valence-corrected chi connectivity index (χ0v) is 8.45. The van der Waals surface area contributed by atoms with Crippen molar-refractivity contribution in [2.45, 2.75) is 12.3 Å². The van der Waals surface area contributed by atoms with Crippen molar-refractivity contribution in [3.8, 4) is 0 Å². The number of alkyl halides is 1. The summed E-state index contributed by atoms with van der Waals surface area (Å²) in [4.78, 5) is 0. The lowest BCUT2D eigenvalue weighted by Gasteiger charge is -2.00. The molecular weight excluding hydrogens is 210 g/mol. The maximum Gasteiger partial charge on any atom is 0.124 e. The molecule has 1 aromatic carbocycles. The lowest BCUT2D eigenvalue weighted by Crippen LogP contribution is -1.86. The third kappa shape index (κ3) is 1.97. The van der Waals surface area contributed by atoms with E-state index in [0.29, 0.717) is 22.7 Å². The van der Waals surface area contributed by atoms with Gasteiger partial charge in [-0.25, -0.2) is 4.39 Å². The van der Waals surface area contributed by atoms with Crippen molar-refractivity contribution < 1.29 is 4.39 Å². The smallest absolute Gasteiger partial charge is 0.124 e. The number of halogens is 3. The second-order valence-corrected chi connectivity index (χ2v) is 4.20. The molecule has 0 nitrogen and oxygen atoms in total. The van der Waals surface area contributed by atoms with E-state index in [1.165, 1.54) is 6.07 Å². The molecule has 1 saturated carbocycles.